The van der Waals surface area contributed by atoms with Gasteiger partial charge < -0.3 is 4.72 Å². The first-order chi connectivity index (χ1) is 26.9. The van der Waals surface area contributed by atoms with Crippen LogP contribution in [0.4, 0.5) is 0 Å². The van der Waals surface area contributed by atoms with Crippen molar-refractivity contribution in [1.29, 1.82) is 0 Å². The summed E-state index contributed by atoms with van der Waals surface area (Å²) >= 11 is 1.70. The fourth-order valence-corrected chi connectivity index (χ4v) is 8.91. The Labute approximate surface area is 337 Å². The van der Waals surface area contributed by atoms with E-state index < -0.39 is 0 Å². The van der Waals surface area contributed by atoms with E-state index in [0.29, 0.717) is 0 Å². The summed E-state index contributed by atoms with van der Waals surface area (Å²) in [7, 11) is 0. The molecule has 0 bridgehead atoms. The van der Waals surface area contributed by atoms with E-state index >= 15 is 0 Å². The van der Waals surface area contributed by atoms with E-state index in [1.54, 1.807) is 11.9 Å². The van der Waals surface area contributed by atoms with E-state index in [4.69, 9.17) is 4.99 Å². The van der Waals surface area contributed by atoms with Gasteiger partial charge in [0.2, 0.25) is 0 Å². The summed E-state index contributed by atoms with van der Waals surface area (Å²) in [6.45, 7) is 18.1. The van der Waals surface area contributed by atoms with Crippen LogP contribution in [-0.2, 0) is 10.8 Å². The second-order valence-corrected chi connectivity index (χ2v) is 17.8. The molecule has 1 N–H and O–H groups in total. The Morgan fingerprint density at radius 3 is 1.61 bits per heavy atom. The zero-order chi connectivity index (χ0) is 39.2. The molecule has 278 valence electrons. The van der Waals surface area contributed by atoms with Crippen molar-refractivity contribution in [2.45, 2.75) is 66.2 Å². The Balaban J connectivity index is 1.47. The molecule has 0 aliphatic carbocycles. The maximum absolute atomic E-state index is 5.73. The molecule has 2 aliphatic heterocycles. The van der Waals surface area contributed by atoms with Crippen molar-refractivity contribution in [2.75, 3.05) is 0 Å². The van der Waals surface area contributed by atoms with Gasteiger partial charge in [0.15, 0.2) is 0 Å². The smallest absolute Gasteiger partial charge is 0.0819 e. The summed E-state index contributed by atoms with van der Waals surface area (Å²) in [5.41, 5.74) is 17.5. The lowest BCUT2D eigenvalue weighted by Gasteiger charge is -2.29. The number of nitrogens with zero attached hydrogens (tertiary/aromatic N) is 1. The number of nitrogens with one attached hydrogen (secondary N) is 1. The second kappa shape index (κ2) is 14.8. The minimum atomic E-state index is 0.0617. The highest BCUT2D eigenvalue weighted by molar-refractivity contribution is 8.06. The van der Waals surface area contributed by atoms with Crippen molar-refractivity contribution < 1.29 is 0 Å². The van der Waals surface area contributed by atoms with Crippen LogP contribution in [0.5, 0.6) is 0 Å². The quantitative estimate of drug-likeness (QED) is 0.172. The van der Waals surface area contributed by atoms with Crippen molar-refractivity contribution in [3.8, 4) is 0 Å². The average molecular weight is 747 g/mol. The summed E-state index contributed by atoms with van der Waals surface area (Å²) in [5.74, 6) is 0. The van der Waals surface area contributed by atoms with Crippen LogP contribution in [-0.4, -0.2) is 5.71 Å². The van der Waals surface area contributed by atoms with E-state index in [-0.39, 0.29) is 10.8 Å². The Bertz CT molecular complexity index is 2600. The van der Waals surface area contributed by atoms with Crippen LogP contribution in [0.2, 0.25) is 0 Å². The van der Waals surface area contributed by atoms with Gasteiger partial charge in [-0.1, -0.05) is 193 Å². The maximum atomic E-state index is 5.73. The summed E-state index contributed by atoms with van der Waals surface area (Å²) in [6.07, 6.45) is 0. The third-order valence-corrected chi connectivity index (χ3v) is 12.2. The first kappa shape index (κ1) is 37.3. The second-order valence-electron chi connectivity index (χ2n) is 17.0. The number of hydrogen-bond acceptors (Lipinski definition) is 3. The van der Waals surface area contributed by atoms with Gasteiger partial charge in [0.05, 0.1) is 17.1 Å². The number of allylic oxidation sites excluding steroid dienone is 5. The molecular formula is C53H50N2S. The lowest BCUT2D eigenvalue weighted by atomic mass is 9.84. The van der Waals surface area contributed by atoms with E-state index in [9.17, 15) is 0 Å². The van der Waals surface area contributed by atoms with E-state index in [2.05, 4.69) is 212 Å². The van der Waals surface area contributed by atoms with Crippen LogP contribution >= 0.6 is 11.9 Å². The molecule has 8 rings (SSSR count). The molecular weight excluding hydrogens is 697 g/mol. The van der Waals surface area contributed by atoms with Gasteiger partial charge in [0, 0.05) is 27.2 Å². The third kappa shape index (κ3) is 7.01. The average Bonchev–Trinajstić information content (AvgIpc) is 3.54. The lowest BCUT2D eigenvalue weighted by Crippen LogP contribution is -2.17. The predicted octanol–water partition coefficient (Wildman–Crippen LogP) is 14.2. The molecule has 0 amide bonds. The van der Waals surface area contributed by atoms with Gasteiger partial charge in [-0.2, -0.15) is 0 Å². The van der Waals surface area contributed by atoms with Crippen LogP contribution in [0.1, 0.15) is 94.3 Å². The van der Waals surface area contributed by atoms with Crippen LogP contribution in [0.15, 0.2) is 179 Å². The molecule has 0 saturated carbocycles. The van der Waals surface area contributed by atoms with Gasteiger partial charge in [-0.15, -0.1) is 0 Å². The Morgan fingerprint density at radius 1 is 0.500 bits per heavy atom. The molecule has 0 aromatic heterocycles. The molecule has 56 heavy (non-hydrogen) atoms. The molecule has 2 aliphatic rings. The van der Waals surface area contributed by atoms with E-state index in [0.717, 1.165) is 50.5 Å². The largest absolute Gasteiger partial charge is 0.324 e. The van der Waals surface area contributed by atoms with E-state index in [1.807, 2.05) is 0 Å². The molecule has 0 spiro atoms. The summed E-state index contributed by atoms with van der Waals surface area (Å²) < 4.78 is 3.99. The van der Waals surface area contributed by atoms with Crippen LogP contribution < -0.4 is 4.72 Å². The molecule has 0 radical (unpaired) electrons. The van der Waals surface area contributed by atoms with E-state index in [1.165, 1.54) is 49.1 Å². The molecule has 2 heterocycles. The fraction of sp³-hybridized carbons (Fsp3) is 0.189. The highest BCUT2D eigenvalue weighted by atomic mass is 32.2. The van der Waals surface area contributed by atoms with Crippen LogP contribution in [0, 0.1) is 0 Å². The molecule has 0 atom stereocenters. The van der Waals surface area contributed by atoms with Crippen LogP contribution in [0.3, 0.4) is 0 Å². The molecule has 0 fully saturated rings. The minimum Gasteiger partial charge on any atom is -0.324 e. The topological polar surface area (TPSA) is 24.4 Å². The van der Waals surface area contributed by atoms with Gasteiger partial charge in [-0.05, 0) is 91.9 Å². The number of benzene rings is 6. The fourth-order valence-electron chi connectivity index (χ4n) is 7.99. The Hall–Kier alpha value is -5.64. The van der Waals surface area contributed by atoms with Crippen LogP contribution in [0.25, 0.3) is 32.4 Å². The molecule has 0 saturated heterocycles. The summed E-state index contributed by atoms with van der Waals surface area (Å²) in [6, 6.07) is 55.2. The Morgan fingerprint density at radius 2 is 1.02 bits per heavy atom. The maximum Gasteiger partial charge on any atom is 0.0819 e. The van der Waals surface area contributed by atoms with Gasteiger partial charge in [0.1, 0.15) is 0 Å². The zero-order valence-electron chi connectivity index (χ0n) is 33.8. The molecule has 0 unspecified atom stereocenters. The number of aliphatic imine (C=N–C) groups is 1. The first-order valence-electron chi connectivity index (χ1n) is 19.6. The summed E-state index contributed by atoms with van der Waals surface area (Å²) in [4.78, 5) is 6.96. The number of rotatable bonds is 6. The van der Waals surface area contributed by atoms with Crippen molar-refractivity contribution in [1.82, 2.24) is 4.72 Å². The molecule has 6 aromatic carbocycles. The van der Waals surface area contributed by atoms with Crippen molar-refractivity contribution in [3.63, 3.8) is 0 Å². The van der Waals surface area contributed by atoms with Gasteiger partial charge in [-0.3, -0.25) is 0 Å². The lowest BCUT2D eigenvalue weighted by molar-refractivity contribution is 0.590. The normalized spacial score (nSPS) is 16.0. The predicted molar refractivity (Wildman–Crippen MR) is 243 cm³/mol. The van der Waals surface area contributed by atoms with Crippen molar-refractivity contribution >= 4 is 50.1 Å². The highest BCUT2D eigenvalue weighted by Crippen LogP contribution is 2.50. The zero-order valence-corrected chi connectivity index (χ0v) is 34.6. The van der Waals surface area contributed by atoms with Crippen molar-refractivity contribution in [2.24, 2.45) is 4.99 Å². The SMILES string of the molecule is CC1=C(c2ccc(C(C)(C)C)cc2)SNC(/C(=C2\N=C(c3ccc(C(C)(C)C)cc3)C(C)=C2c2ccccc2)c2cccc3ccccc23)=C1c1ccccc1. The van der Waals surface area contributed by atoms with Gasteiger partial charge >= 0.3 is 0 Å². The third-order valence-electron chi connectivity index (χ3n) is 11.1. The molecule has 2 nitrogen and oxygen atoms in total. The Kier molecular flexibility index (Phi) is 9.85. The monoisotopic (exact) mass is 746 g/mol. The van der Waals surface area contributed by atoms with Crippen molar-refractivity contribution in [3.05, 3.63) is 213 Å². The highest BCUT2D eigenvalue weighted by Gasteiger charge is 2.33. The van der Waals surface area contributed by atoms with Gasteiger partial charge in [0.25, 0.3) is 0 Å². The number of hydrogen-bond donors (Lipinski definition) is 1. The number of fused-ring (bicyclic) bond motifs is 1. The molecule has 3 heteroatoms. The standard InChI is InChI=1S/C53H50N2S/c1-34-45(37-19-11-9-12-20-37)49(54-48(34)39-26-30-41(31-27-39)52(3,4)5)47(44-25-17-23-36-18-15-16-24-43(36)44)50-46(38-21-13-10-14-22-38)35(2)51(56-55-50)40-28-32-42(33-29-40)53(6,7)8/h9-33,55H,1-8H3/b49-47-. The molecule has 6 aromatic rings. The minimum absolute atomic E-state index is 0.0617. The first-order valence-corrected chi connectivity index (χ1v) is 20.5. The van der Waals surface area contributed by atoms with Gasteiger partial charge in [-0.25, -0.2) is 4.99 Å². The summed E-state index contributed by atoms with van der Waals surface area (Å²) in [5, 5.41) is 2.39.